The second-order valence-corrected chi connectivity index (χ2v) is 12.9. The predicted octanol–water partition coefficient (Wildman–Crippen LogP) is 11.5. The SMILES string of the molecule is c1ccc(-c2ccc(-c3ccc(-c4nc(-c5ccccc5)c5c(n4)C4(c6ccccc6-c6ccccc64)c4ccccc4-5)cc3)cc2)cc1. The minimum Gasteiger partial charge on any atom is -0.231 e. The zero-order valence-electron chi connectivity index (χ0n) is 26.7. The van der Waals surface area contributed by atoms with Crippen LogP contribution >= 0.6 is 0 Å². The molecule has 0 atom stereocenters. The van der Waals surface area contributed by atoms with Crippen LogP contribution in [0, 0.1) is 0 Å². The third kappa shape index (κ3) is 4.07. The van der Waals surface area contributed by atoms with E-state index in [-0.39, 0.29) is 0 Å². The lowest BCUT2D eigenvalue weighted by Crippen LogP contribution is -2.27. The highest BCUT2D eigenvalue weighted by Crippen LogP contribution is 2.63. The summed E-state index contributed by atoms with van der Waals surface area (Å²) in [5.74, 6) is 0.734. The van der Waals surface area contributed by atoms with Crippen LogP contribution in [-0.2, 0) is 5.41 Å². The average molecular weight is 623 g/mol. The van der Waals surface area contributed by atoms with Gasteiger partial charge in [0, 0.05) is 16.7 Å². The number of aromatic nitrogens is 2. The normalized spacial score (nSPS) is 13.1. The van der Waals surface area contributed by atoms with E-state index in [2.05, 4.69) is 182 Å². The van der Waals surface area contributed by atoms with Crippen LogP contribution in [0.2, 0.25) is 0 Å². The van der Waals surface area contributed by atoms with Crippen LogP contribution in [0.1, 0.15) is 22.4 Å². The van der Waals surface area contributed by atoms with Gasteiger partial charge in [0.05, 0.1) is 16.8 Å². The molecule has 0 fully saturated rings. The lowest BCUT2D eigenvalue weighted by Gasteiger charge is -2.29. The zero-order chi connectivity index (χ0) is 32.4. The van der Waals surface area contributed by atoms with Gasteiger partial charge in [-0.3, -0.25) is 0 Å². The molecular formula is C47H30N2. The topological polar surface area (TPSA) is 25.8 Å². The maximum atomic E-state index is 5.59. The summed E-state index contributed by atoms with van der Waals surface area (Å²) in [6, 6.07) is 65.2. The molecule has 2 nitrogen and oxygen atoms in total. The van der Waals surface area contributed by atoms with Crippen LogP contribution in [0.15, 0.2) is 182 Å². The van der Waals surface area contributed by atoms with Gasteiger partial charge in [0.15, 0.2) is 5.82 Å². The van der Waals surface area contributed by atoms with Gasteiger partial charge in [0.25, 0.3) is 0 Å². The van der Waals surface area contributed by atoms with Crippen molar-refractivity contribution in [3.8, 4) is 67.2 Å². The molecule has 0 aliphatic heterocycles. The molecule has 1 aromatic heterocycles. The molecule has 0 unspecified atom stereocenters. The summed E-state index contributed by atoms with van der Waals surface area (Å²) in [4.78, 5) is 11.0. The Morgan fingerprint density at radius 2 is 0.694 bits per heavy atom. The van der Waals surface area contributed by atoms with Gasteiger partial charge in [-0.25, -0.2) is 9.97 Å². The largest absolute Gasteiger partial charge is 0.231 e. The first-order valence-electron chi connectivity index (χ1n) is 16.8. The van der Waals surface area contributed by atoms with Crippen molar-refractivity contribution in [2.24, 2.45) is 0 Å². The van der Waals surface area contributed by atoms with E-state index in [0.717, 1.165) is 39.5 Å². The summed E-state index contributed by atoms with van der Waals surface area (Å²) in [5.41, 5.74) is 17.0. The Hall–Kier alpha value is -6.38. The van der Waals surface area contributed by atoms with Gasteiger partial charge >= 0.3 is 0 Å². The van der Waals surface area contributed by atoms with E-state index in [4.69, 9.17) is 9.97 Å². The fraction of sp³-hybridized carbons (Fsp3) is 0.0213. The van der Waals surface area contributed by atoms with Gasteiger partial charge in [-0.1, -0.05) is 182 Å². The summed E-state index contributed by atoms with van der Waals surface area (Å²) in [5, 5.41) is 0. The number of fused-ring (bicyclic) bond motifs is 10. The lowest BCUT2D eigenvalue weighted by atomic mass is 9.72. The quantitative estimate of drug-likeness (QED) is 0.195. The van der Waals surface area contributed by atoms with E-state index in [1.54, 1.807) is 0 Å². The smallest absolute Gasteiger partial charge is 0.160 e. The molecule has 0 N–H and O–H groups in total. The lowest BCUT2D eigenvalue weighted by molar-refractivity contribution is 0.758. The first-order chi connectivity index (χ1) is 24.3. The molecule has 2 aliphatic carbocycles. The number of hydrogen-bond donors (Lipinski definition) is 0. The number of hydrogen-bond acceptors (Lipinski definition) is 2. The molecule has 7 aromatic carbocycles. The van der Waals surface area contributed by atoms with Crippen LogP contribution in [0.5, 0.6) is 0 Å². The van der Waals surface area contributed by atoms with E-state index in [1.165, 1.54) is 50.1 Å². The van der Waals surface area contributed by atoms with Gasteiger partial charge in [-0.2, -0.15) is 0 Å². The number of nitrogens with zero attached hydrogens (tertiary/aromatic N) is 2. The molecule has 49 heavy (non-hydrogen) atoms. The van der Waals surface area contributed by atoms with Gasteiger partial charge in [0.1, 0.15) is 0 Å². The van der Waals surface area contributed by atoms with Crippen molar-refractivity contribution >= 4 is 0 Å². The van der Waals surface area contributed by atoms with Crippen molar-refractivity contribution in [2.45, 2.75) is 5.41 Å². The van der Waals surface area contributed by atoms with Crippen molar-refractivity contribution in [2.75, 3.05) is 0 Å². The van der Waals surface area contributed by atoms with Gasteiger partial charge in [-0.15, -0.1) is 0 Å². The molecule has 0 amide bonds. The highest BCUT2D eigenvalue weighted by molar-refractivity contribution is 5.98. The molecule has 10 rings (SSSR count). The average Bonchev–Trinajstić information content (AvgIpc) is 3.66. The van der Waals surface area contributed by atoms with Gasteiger partial charge in [-0.05, 0) is 55.6 Å². The van der Waals surface area contributed by atoms with Crippen molar-refractivity contribution in [3.05, 3.63) is 204 Å². The van der Waals surface area contributed by atoms with Crippen molar-refractivity contribution < 1.29 is 0 Å². The second-order valence-electron chi connectivity index (χ2n) is 12.9. The summed E-state index contributed by atoms with van der Waals surface area (Å²) in [6.45, 7) is 0. The fourth-order valence-corrected chi connectivity index (χ4v) is 8.15. The Morgan fingerprint density at radius 1 is 0.306 bits per heavy atom. The van der Waals surface area contributed by atoms with Gasteiger partial charge in [0.2, 0.25) is 0 Å². The van der Waals surface area contributed by atoms with E-state index < -0.39 is 5.41 Å². The molecule has 228 valence electrons. The molecular weight excluding hydrogens is 593 g/mol. The fourth-order valence-electron chi connectivity index (χ4n) is 8.15. The highest BCUT2D eigenvalue weighted by atomic mass is 14.9. The van der Waals surface area contributed by atoms with E-state index in [0.29, 0.717) is 0 Å². The highest BCUT2D eigenvalue weighted by Gasteiger charge is 2.53. The van der Waals surface area contributed by atoms with E-state index >= 15 is 0 Å². The van der Waals surface area contributed by atoms with Crippen LogP contribution in [-0.4, -0.2) is 9.97 Å². The standard InChI is InChI=1S/C47H30N2/c1-3-13-31(14-4-1)32-23-25-33(26-24-32)34-27-29-36(30-28-34)46-48-44(35-15-5-2-6-16-35)43-39-19-9-12-22-42(39)47(45(43)49-46)40-20-10-7-17-37(40)38-18-8-11-21-41(38)47/h1-30H. The second kappa shape index (κ2) is 10.8. The Kier molecular flexibility index (Phi) is 6.13. The third-order valence-electron chi connectivity index (χ3n) is 10.3. The molecule has 0 bridgehead atoms. The minimum atomic E-state index is -0.541. The Morgan fingerprint density at radius 3 is 1.22 bits per heavy atom. The van der Waals surface area contributed by atoms with Crippen molar-refractivity contribution in [3.63, 3.8) is 0 Å². The molecule has 0 saturated carbocycles. The van der Waals surface area contributed by atoms with Crippen LogP contribution < -0.4 is 0 Å². The Labute approximate surface area is 286 Å². The summed E-state index contributed by atoms with van der Waals surface area (Å²) in [6.07, 6.45) is 0. The Bertz CT molecular complexity index is 2470. The molecule has 0 saturated heterocycles. The van der Waals surface area contributed by atoms with Crippen molar-refractivity contribution in [1.29, 1.82) is 0 Å². The van der Waals surface area contributed by atoms with Gasteiger partial charge < -0.3 is 0 Å². The molecule has 2 aliphatic rings. The maximum Gasteiger partial charge on any atom is 0.160 e. The van der Waals surface area contributed by atoms with E-state index in [9.17, 15) is 0 Å². The van der Waals surface area contributed by atoms with E-state index in [1.807, 2.05) is 0 Å². The summed E-state index contributed by atoms with van der Waals surface area (Å²) >= 11 is 0. The maximum absolute atomic E-state index is 5.59. The number of rotatable bonds is 4. The molecule has 0 radical (unpaired) electrons. The minimum absolute atomic E-state index is 0.541. The van der Waals surface area contributed by atoms with Crippen molar-refractivity contribution in [1.82, 2.24) is 9.97 Å². The van der Waals surface area contributed by atoms with Crippen LogP contribution in [0.4, 0.5) is 0 Å². The Balaban J connectivity index is 1.17. The van der Waals surface area contributed by atoms with Crippen LogP contribution in [0.25, 0.3) is 67.2 Å². The van der Waals surface area contributed by atoms with Crippen LogP contribution in [0.3, 0.4) is 0 Å². The summed E-state index contributed by atoms with van der Waals surface area (Å²) in [7, 11) is 0. The predicted molar refractivity (Wildman–Crippen MR) is 200 cm³/mol. The number of benzene rings is 7. The monoisotopic (exact) mass is 622 g/mol. The molecule has 2 heteroatoms. The zero-order valence-corrected chi connectivity index (χ0v) is 26.7. The first kappa shape index (κ1) is 27.7. The third-order valence-corrected chi connectivity index (χ3v) is 10.3. The first-order valence-corrected chi connectivity index (χ1v) is 16.8. The molecule has 1 spiro atoms. The summed E-state index contributed by atoms with van der Waals surface area (Å²) < 4.78 is 0. The molecule has 8 aromatic rings. The molecule has 1 heterocycles.